The molecule has 110 valence electrons. The van der Waals surface area contributed by atoms with Gasteiger partial charge in [0.05, 0.1) is 24.2 Å². The monoisotopic (exact) mass is 353 g/mol. The lowest BCUT2D eigenvalue weighted by Crippen LogP contribution is -2.37. The van der Waals surface area contributed by atoms with Crippen molar-refractivity contribution < 1.29 is 19.1 Å². The van der Waals surface area contributed by atoms with Gasteiger partial charge in [0.2, 0.25) is 11.3 Å². The Bertz CT molecular complexity index is 764. The van der Waals surface area contributed by atoms with Gasteiger partial charge in [-0.25, -0.2) is 4.79 Å². The third-order valence-corrected chi connectivity index (χ3v) is 4.06. The van der Waals surface area contributed by atoms with Crippen LogP contribution in [0.5, 0.6) is 0 Å². The van der Waals surface area contributed by atoms with Crippen molar-refractivity contribution in [2.24, 2.45) is 0 Å². The maximum Gasteiger partial charge on any atom is 0.335 e. The number of nitrogens with zero attached hydrogens (tertiary/aromatic N) is 1. The van der Waals surface area contributed by atoms with Crippen LogP contribution in [0.15, 0.2) is 31.9 Å². The molecule has 1 aliphatic heterocycles. The number of ether oxygens (including phenoxy) is 1. The van der Waals surface area contributed by atoms with E-state index in [0.29, 0.717) is 42.2 Å². The van der Waals surface area contributed by atoms with Gasteiger partial charge >= 0.3 is 5.97 Å². The van der Waals surface area contributed by atoms with Gasteiger partial charge in [-0.15, -0.1) is 0 Å². The molecule has 1 aromatic carbocycles. The van der Waals surface area contributed by atoms with Crippen LogP contribution in [0.1, 0.15) is 10.4 Å². The Balaban J connectivity index is 2.16. The predicted octanol–water partition coefficient (Wildman–Crippen LogP) is 2.09. The fourth-order valence-corrected chi connectivity index (χ4v) is 2.81. The lowest BCUT2D eigenvalue weighted by atomic mass is 10.1. The number of carboxylic acid groups (broad SMARTS) is 1. The number of halogens is 1. The minimum absolute atomic E-state index is 0.0563. The van der Waals surface area contributed by atoms with Crippen LogP contribution in [0.4, 0.5) is 5.88 Å². The Morgan fingerprint density at radius 3 is 2.67 bits per heavy atom. The molecule has 7 heteroatoms. The quantitative estimate of drug-likeness (QED) is 0.890. The van der Waals surface area contributed by atoms with Crippen LogP contribution >= 0.6 is 15.9 Å². The van der Waals surface area contributed by atoms with Crippen LogP contribution in [0, 0.1) is 0 Å². The van der Waals surface area contributed by atoms with Crippen molar-refractivity contribution in [1.82, 2.24) is 0 Å². The molecule has 0 radical (unpaired) electrons. The van der Waals surface area contributed by atoms with Crippen LogP contribution in [0.25, 0.3) is 11.0 Å². The topological polar surface area (TPSA) is 80.0 Å². The lowest BCUT2D eigenvalue weighted by molar-refractivity contribution is 0.0697. The van der Waals surface area contributed by atoms with Crippen molar-refractivity contribution >= 4 is 38.8 Å². The standard InChI is InChI=1S/C14H12BrNO5/c15-11-12(17)9-7-8(14(18)19)1-2-10(9)21-13(11)16-3-5-20-6-4-16/h1-2,7H,3-6H2,(H,18,19). The number of carboxylic acids is 1. The summed E-state index contributed by atoms with van der Waals surface area (Å²) in [6, 6.07) is 4.26. The summed E-state index contributed by atoms with van der Waals surface area (Å²) in [4.78, 5) is 25.3. The average Bonchev–Trinajstić information content (AvgIpc) is 2.51. The van der Waals surface area contributed by atoms with Crippen LogP contribution in [-0.4, -0.2) is 37.4 Å². The number of hydrogen-bond donors (Lipinski definition) is 1. The van der Waals surface area contributed by atoms with Gasteiger partial charge in [0.25, 0.3) is 0 Å². The van der Waals surface area contributed by atoms with Crippen molar-refractivity contribution in [1.29, 1.82) is 0 Å². The molecular formula is C14H12BrNO5. The first kappa shape index (κ1) is 14.1. The van der Waals surface area contributed by atoms with Gasteiger partial charge < -0.3 is 19.2 Å². The summed E-state index contributed by atoms with van der Waals surface area (Å²) in [6.07, 6.45) is 0. The summed E-state index contributed by atoms with van der Waals surface area (Å²) in [7, 11) is 0. The molecule has 0 unspecified atom stereocenters. The molecule has 2 aromatic rings. The zero-order valence-corrected chi connectivity index (χ0v) is 12.6. The average molecular weight is 354 g/mol. The SMILES string of the molecule is O=C(O)c1ccc2oc(N3CCOCC3)c(Br)c(=O)c2c1. The van der Waals surface area contributed by atoms with E-state index in [-0.39, 0.29) is 16.4 Å². The van der Waals surface area contributed by atoms with Crippen LogP contribution in [0.2, 0.25) is 0 Å². The molecule has 0 aliphatic carbocycles. The van der Waals surface area contributed by atoms with Crippen molar-refractivity contribution in [2.75, 3.05) is 31.2 Å². The maximum absolute atomic E-state index is 12.4. The molecule has 6 nitrogen and oxygen atoms in total. The first-order valence-electron chi connectivity index (χ1n) is 6.40. The van der Waals surface area contributed by atoms with E-state index in [1.807, 2.05) is 4.90 Å². The molecule has 2 heterocycles. The number of rotatable bonds is 2. The largest absolute Gasteiger partial charge is 0.478 e. The van der Waals surface area contributed by atoms with Gasteiger partial charge in [-0.1, -0.05) is 0 Å². The van der Waals surface area contributed by atoms with E-state index in [1.165, 1.54) is 18.2 Å². The summed E-state index contributed by atoms with van der Waals surface area (Å²) in [5.41, 5.74) is 0.149. The third-order valence-electron chi connectivity index (χ3n) is 3.36. The van der Waals surface area contributed by atoms with Gasteiger partial charge in [0.1, 0.15) is 10.1 Å². The highest BCUT2D eigenvalue weighted by atomic mass is 79.9. The summed E-state index contributed by atoms with van der Waals surface area (Å²) in [5, 5.41) is 9.25. The van der Waals surface area contributed by atoms with E-state index in [2.05, 4.69) is 15.9 Å². The second kappa shape index (κ2) is 5.50. The van der Waals surface area contributed by atoms with Crippen molar-refractivity contribution in [3.63, 3.8) is 0 Å². The minimum Gasteiger partial charge on any atom is -0.478 e. The molecule has 0 saturated carbocycles. The molecule has 0 spiro atoms. The minimum atomic E-state index is -1.08. The van der Waals surface area contributed by atoms with E-state index in [9.17, 15) is 9.59 Å². The highest BCUT2D eigenvalue weighted by Crippen LogP contribution is 2.28. The first-order chi connectivity index (χ1) is 10.1. The van der Waals surface area contributed by atoms with Crippen molar-refractivity contribution in [2.45, 2.75) is 0 Å². The molecule has 1 saturated heterocycles. The van der Waals surface area contributed by atoms with Gasteiger partial charge in [-0.2, -0.15) is 0 Å². The fourth-order valence-electron chi connectivity index (χ4n) is 2.26. The Morgan fingerprint density at radius 2 is 2.00 bits per heavy atom. The summed E-state index contributed by atoms with van der Waals surface area (Å²) >= 11 is 3.26. The van der Waals surface area contributed by atoms with Gasteiger partial charge in [0.15, 0.2) is 0 Å². The van der Waals surface area contributed by atoms with E-state index in [1.54, 1.807) is 0 Å². The Morgan fingerprint density at radius 1 is 1.29 bits per heavy atom. The fraction of sp³-hybridized carbons (Fsp3) is 0.286. The van der Waals surface area contributed by atoms with E-state index < -0.39 is 5.97 Å². The zero-order valence-electron chi connectivity index (χ0n) is 11.0. The maximum atomic E-state index is 12.4. The number of anilines is 1. The molecule has 1 aliphatic rings. The molecule has 3 rings (SSSR count). The summed E-state index contributed by atoms with van der Waals surface area (Å²) < 4.78 is 11.4. The summed E-state index contributed by atoms with van der Waals surface area (Å²) in [6.45, 7) is 2.43. The van der Waals surface area contributed by atoms with Crippen molar-refractivity contribution in [3.05, 3.63) is 38.5 Å². The molecule has 21 heavy (non-hydrogen) atoms. The molecule has 1 aromatic heterocycles. The Labute approximate surface area is 128 Å². The van der Waals surface area contributed by atoms with Crippen LogP contribution < -0.4 is 10.3 Å². The molecule has 0 bridgehead atoms. The second-order valence-electron chi connectivity index (χ2n) is 4.67. The Kier molecular flexibility index (Phi) is 3.69. The van der Waals surface area contributed by atoms with Gasteiger partial charge in [-0.3, -0.25) is 4.79 Å². The molecule has 1 N–H and O–H groups in total. The van der Waals surface area contributed by atoms with Gasteiger partial charge in [0, 0.05) is 13.1 Å². The smallest absolute Gasteiger partial charge is 0.335 e. The number of carbonyl (C=O) groups is 1. The normalized spacial score (nSPS) is 15.4. The van der Waals surface area contributed by atoms with E-state index in [0.717, 1.165) is 0 Å². The van der Waals surface area contributed by atoms with E-state index in [4.69, 9.17) is 14.3 Å². The van der Waals surface area contributed by atoms with Crippen LogP contribution in [-0.2, 0) is 4.74 Å². The van der Waals surface area contributed by atoms with Gasteiger partial charge in [-0.05, 0) is 34.1 Å². The van der Waals surface area contributed by atoms with E-state index >= 15 is 0 Å². The first-order valence-corrected chi connectivity index (χ1v) is 7.19. The molecule has 0 amide bonds. The number of aromatic carboxylic acids is 1. The number of morpholine rings is 1. The second-order valence-corrected chi connectivity index (χ2v) is 5.46. The highest BCUT2D eigenvalue weighted by molar-refractivity contribution is 9.10. The summed E-state index contributed by atoms with van der Waals surface area (Å²) in [5.74, 6) is -0.622. The molecule has 1 fully saturated rings. The predicted molar refractivity (Wildman–Crippen MR) is 80.2 cm³/mol. The van der Waals surface area contributed by atoms with Crippen molar-refractivity contribution in [3.8, 4) is 0 Å². The number of benzene rings is 1. The molecule has 0 atom stereocenters. The molecular weight excluding hydrogens is 342 g/mol. The number of hydrogen-bond acceptors (Lipinski definition) is 5. The van der Waals surface area contributed by atoms with Crippen LogP contribution in [0.3, 0.4) is 0 Å². The number of fused-ring (bicyclic) bond motifs is 1. The lowest BCUT2D eigenvalue weighted by Gasteiger charge is -2.27. The zero-order chi connectivity index (χ0) is 15.0. The third kappa shape index (κ3) is 2.54. The highest BCUT2D eigenvalue weighted by Gasteiger charge is 2.20. The Hall–Kier alpha value is -1.86.